The highest BCUT2D eigenvalue weighted by Crippen LogP contribution is 2.48. The largest absolute Gasteiger partial charge is 0.347 e. The van der Waals surface area contributed by atoms with Gasteiger partial charge in [-0.3, -0.25) is 9.59 Å². The maximum absolute atomic E-state index is 13.3. The van der Waals surface area contributed by atoms with Gasteiger partial charge in [-0.05, 0) is 73.1 Å². The number of hydrogen-bond donors (Lipinski definition) is 1. The Morgan fingerprint density at radius 3 is 2.71 bits per heavy atom. The lowest BCUT2D eigenvalue weighted by Gasteiger charge is -2.28. The van der Waals surface area contributed by atoms with Crippen molar-refractivity contribution >= 4 is 33.3 Å². The number of benzene rings is 2. The molecule has 2 fully saturated rings. The fourth-order valence-corrected chi connectivity index (χ4v) is 5.86. The predicted octanol–water partition coefficient (Wildman–Crippen LogP) is 3.15. The van der Waals surface area contributed by atoms with Crippen molar-refractivity contribution < 1.29 is 18.0 Å². The third-order valence-electron chi connectivity index (χ3n) is 6.65. The summed E-state index contributed by atoms with van der Waals surface area (Å²) in [5, 5.41) is 3.83. The molecule has 2 amide bonds. The Morgan fingerprint density at radius 2 is 1.94 bits per heavy atom. The van der Waals surface area contributed by atoms with Crippen molar-refractivity contribution in [2.45, 2.75) is 48.7 Å². The molecule has 1 N–H and O–H groups in total. The topological polar surface area (TPSA) is 83.6 Å². The molecule has 0 aromatic heterocycles. The highest BCUT2D eigenvalue weighted by Gasteiger charge is 2.56. The number of amides is 2. The average Bonchev–Trinajstić information content (AvgIpc) is 3.22. The molecule has 6 nitrogen and oxygen atoms in total. The molecule has 162 valence electrons. The molecule has 0 radical (unpaired) electrons. The van der Waals surface area contributed by atoms with Crippen LogP contribution in [-0.4, -0.2) is 43.5 Å². The molecule has 2 aliphatic carbocycles. The Hall–Kier alpha value is -2.38. The Labute approximate surface area is 186 Å². The number of fused-ring (bicyclic) bond motifs is 2. The van der Waals surface area contributed by atoms with E-state index in [-0.39, 0.29) is 28.8 Å². The fraction of sp³-hybridized carbons (Fsp3) is 0.391. The van der Waals surface area contributed by atoms with Gasteiger partial charge in [-0.25, -0.2) is 8.42 Å². The van der Waals surface area contributed by atoms with Crippen molar-refractivity contribution in [3.8, 4) is 0 Å². The lowest BCUT2D eigenvalue weighted by molar-refractivity contribution is -0.126. The normalized spacial score (nSPS) is 26.3. The summed E-state index contributed by atoms with van der Waals surface area (Å²) in [5.74, 6) is -0.0886. The first-order chi connectivity index (χ1) is 14.7. The van der Waals surface area contributed by atoms with Crippen LogP contribution in [0.3, 0.4) is 0 Å². The number of rotatable bonds is 4. The van der Waals surface area contributed by atoms with Crippen LogP contribution in [0.4, 0.5) is 0 Å². The molecule has 8 heteroatoms. The van der Waals surface area contributed by atoms with Crippen LogP contribution in [0.1, 0.15) is 46.8 Å². The van der Waals surface area contributed by atoms with E-state index >= 15 is 0 Å². The molecule has 0 spiro atoms. The summed E-state index contributed by atoms with van der Waals surface area (Å²) in [6.07, 6.45) is 4.33. The minimum Gasteiger partial charge on any atom is -0.347 e. The monoisotopic (exact) mass is 458 g/mol. The molecular weight excluding hydrogens is 436 g/mol. The fourth-order valence-electron chi connectivity index (χ4n) is 5.00. The molecule has 1 saturated carbocycles. The van der Waals surface area contributed by atoms with Crippen LogP contribution in [0.15, 0.2) is 47.4 Å². The highest BCUT2D eigenvalue weighted by atomic mass is 35.5. The van der Waals surface area contributed by atoms with Gasteiger partial charge in [-0.1, -0.05) is 23.7 Å². The average molecular weight is 459 g/mol. The van der Waals surface area contributed by atoms with E-state index in [2.05, 4.69) is 5.32 Å². The minimum absolute atomic E-state index is 0.0554. The number of carbonyl (C=O) groups is 2. The quantitative estimate of drug-likeness (QED) is 0.762. The second-order valence-corrected chi connectivity index (χ2v) is 11.2. The van der Waals surface area contributed by atoms with E-state index < -0.39 is 15.9 Å². The van der Waals surface area contributed by atoms with Crippen molar-refractivity contribution in [2.24, 2.45) is 5.92 Å². The van der Waals surface area contributed by atoms with Gasteiger partial charge < -0.3 is 10.2 Å². The highest BCUT2D eigenvalue weighted by molar-refractivity contribution is 7.90. The number of hydrogen-bond acceptors (Lipinski definition) is 4. The van der Waals surface area contributed by atoms with Gasteiger partial charge >= 0.3 is 0 Å². The van der Waals surface area contributed by atoms with Crippen LogP contribution < -0.4 is 5.32 Å². The van der Waals surface area contributed by atoms with E-state index in [0.717, 1.165) is 36.6 Å². The molecule has 1 heterocycles. The standard InChI is InChI=1S/C23H23ClN2O4S/c1-31(29,30)17-4-2-3-14(10-17)23(28)26-20-11-15(20)12-21(26)22(27)25-19-8-5-13-9-16(24)6-7-18(13)19/h2-4,6-7,9-10,15,19-21H,5,8,11-12H2,1H3,(H,25,27)/t15-,19-,20-,21-/m1/s1. The van der Waals surface area contributed by atoms with Gasteiger partial charge in [0.25, 0.3) is 5.91 Å². The molecule has 3 aliphatic rings. The molecule has 0 bridgehead atoms. The van der Waals surface area contributed by atoms with Gasteiger partial charge in [0.15, 0.2) is 9.84 Å². The zero-order valence-corrected chi connectivity index (χ0v) is 18.6. The van der Waals surface area contributed by atoms with Gasteiger partial charge in [0.05, 0.1) is 10.9 Å². The summed E-state index contributed by atoms with van der Waals surface area (Å²) in [6, 6.07) is 11.2. The summed E-state index contributed by atoms with van der Waals surface area (Å²) in [6.45, 7) is 0. The molecule has 1 aliphatic heterocycles. The third kappa shape index (κ3) is 3.74. The van der Waals surface area contributed by atoms with Gasteiger partial charge in [0, 0.05) is 22.9 Å². The number of nitrogens with one attached hydrogen (secondary N) is 1. The molecule has 1 saturated heterocycles. The van der Waals surface area contributed by atoms with E-state index in [4.69, 9.17) is 11.6 Å². The number of piperidine rings is 1. The number of aryl methyl sites for hydroxylation is 1. The van der Waals surface area contributed by atoms with Crippen LogP contribution in [0, 0.1) is 5.92 Å². The summed E-state index contributed by atoms with van der Waals surface area (Å²) < 4.78 is 23.8. The summed E-state index contributed by atoms with van der Waals surface area (Å²) in [5.41, 5.74) is 2.53. The van der Waals surface area contributed by atoms with Gasteiger partial charge in [-0.15, -0.1) is 0 Å². The van der Waals surface area contributed by atoms with E-state index in [9.17, 15) is 18.0 Å². The van der Waals surface area contributed by atoms with Crippen LogP contribution >= 0.6 is 11.6 Å². The molecule has 2 aromatic rings. The van der Waals surface area contributed by atoms with E-state index in [1.54, 1.807) is 17.0 Å². The zero-order valence-electron chi connectivity index (χ0n) is 17.0. The first kappa shape index (κ1) is 20.5. The van der Waals surface area contributed by atoms with Crippen molar-refractivity contribution in [3.63, 3.8) is 0 Å². The number of likely N-dealkylation sites (tertiary alicyclic amines) is 1. The number of nitrogens with zero attached hydrogens (tertiary/aromatic N) is 1. The van der Waals surface area contributed by atoms with Crippen LogP contribution in [0.25, 0.3) is 0 Å². The Morgan fingerprint density at radius 1 is 1.13 bits per heavy atom. The summed E-state index contributed by atoms with van der Waals surface area (Å²) >= 11 is 6.08. The molecule has 0 unspecified atom stereocenters. The maximum Gasteiger partial charge on any atom is 0.254 e. The van der Waals surface area contributed by atoms with Crippen molar-refractivity contribution in [1.29, 1.82) is 0 Å². The lowest BCUT2D eigenvalue weighted by Crippen LogP contribution is -2.48. The molecule has 31 heavy (non-hydrogen) atoms. The van der Waals surface area contributed by atoms with Gasteiger partial charge in [0.2, 0.25) is 5.91 Å². The Balaban J connectivity index is 1.36. The molecular formula is C23H23ClN2O4S. The van der Waals surface area contributed by atoms with Crippen LogP contribution in [0.5, 0.6) is 0 Å². The zero-order chi connectivity index (χ0) is 21.9. The predicted molar refractivity (Wildman–Crippen MR) is 117 cm³/mol. The van der Waals surface area contributed by atoms with Crippen LogP contribution in [-0.2, 0) is 21.1 Å². The van der Waals surface area contributed by atoms with Crippen LogP contribution in [0.2, 0.25) is 5.02 Å². The first-order valence-electron chi connectivity index (χ1n) is 10.4. The van der Waals surface area contributed by atoms with Crippen molar-refractivity contribution in [3.05, 3.63) is 64.2 Å². The smallest absolute Gasteiger partial charge is 0.254 e. The first-order valence-corrected chi connectivity index (χ1v) is 12.7. The lowest BCUT2D eigenvalue weighted by atomic mass is 10.1. The SMILES string of the molecule is CS(=O)(=O)c1cccc(C(=O)N2[C@@H](C(=O)N[C@@H]3CCc4cc(Cl)ccc43)C[C@H]3C[C@H]32)c1. The Kier molecular flexibility index (Phi) is 4.86. The second kappa shape index (κ2) is 7.35. The van der Waals surface area contributed by atoms with E-state index in [1.165, 1.54) is 12.1 Å². The van der Waals surface area contributed by atoms with Crippen molar-refractivity contribution in [2.75, 3.05) is 6.26 Å². The second-order valence-electron chi connectivity index (χ2n) is 8.77. The molecule has 2 aromatic carbocycles. The third-order valence-corrected chi connectivity index (χ3v) is 8.00. The minimum atomic E-state index is -3.42. The molecule has 5 rings (SSSR count). The van der Waals surface area contributed by atoms with Crippen molar-refractivity contribution in [1.82, 2.24) is 10.2 Å². The van der Waals surface area contributed by atoms with Gasteiger partial charge in [-0.2, -0.15) is 0 Å². The summed E-state index contributed by atoms with van der Waals surface area (Å²) in [7, 11) is -3.42. The molecule has 4 atom stereocenters. The number of halogens is 1. The van der Waals surface area contributed by atoms with Gasteiger partial charge in [0.1, 0.15) is 6.04 Å². The van der Waals surface area contributed by atoms with E-state index in [0.29, 0.717) is 22.9 Å². The Bertz CT molecular complexity index is 1200. The van der Waals surface area contributed by atoms with E-state index in [1.807, 2.05) is 18.2 Å². The maximum atomic E-state index is 13.3. The number of sulfone groups is 1. The summed E-state index contributed by atoms with van der Waals surface area (Å²) in [4.78, 5) is 28.2. The number of carbonyl (C=O) groups excluding carboxylic acids is 2.